The molecule has 0 aromatic carbocycles. The highest BCUT2D eigenvalue weighted by Crippen LogP contribution is 2.19. The molecule has 2 radical (unpaired) electrons. The Kier molecular flexibility index (Phi) is 5.45. The largest absolute Gasteiger partial charge is 0.360 e. The van der Waals surface area contributed by atoms with E-state index in [0.29, 0.717) is 6.42 Å². The van der Waals surface area contributed by atoms with Gasteiger partial charge in [0, 0.05) is 18.3 Å². The minimum absolute atomic E-state index is 0.0389. The standard InChI is InChI=1S/C10H15BN2O2S/c1-2-3-7(13-10(11)15)6-8-9(14)12-4-5-16-8/h2-3,7-8H,4-6H2,1H3,(H,12,14)(H,13,15)/b3-2+. The maximum Gasteiger partial charge on any atom is 0.233 e. The van der Waals surface area contributed by atoms with Crippen LogP contribution in [0.1, 0.15) is 13.3 Å². The summed E-state index contributed by atoms with van der Waals surface area (Å²) in [5, 5.41) is 5.30. The van der Waals surface area contributed by atoms with Gasteiger partial charge in [0.05, 0.1) is 5.25 Å². The van der Waals surface area contributed by atoms with Gasteiger partial charge in [-0.1, -0.05) is 12.2 Å². The molecule has 6 heteroatoms. The summed E-state index contributed by atoms with van der Waals surface area (Å²) in [4.78, 5) is 22.3. The fourth-order valence-corrected chi connectivity index (χ4v) is 2.65. The monoisotopic (exact) mass is 238 g/mol. The van der Waals surface area contributed by atoms with Crippen molar-refractivity contribution in [1.82, 2.24) is 10.6 Å². The smallest absolute Gasteiger partial charge is 0.233 e. The van der Waals surface area contributed by atoms with Crippen LogP contribution in [0.15, 0.2) is 12.2 Å². The Bertz CT molecular complexity index is 297. The van der Waals surface area contributed by atoms with Gasteiger partial charge >= 0.3 is 0 Å². The van der Waals surface area contributed by atoms with Crippen molar-refractivity contribution >= 4 is 31.3 Å². The molecule has 2 unspecified atom stereocenters. The molecule has 1 fully saturated rings. The number of carbonyl (C=O) groups is 2. The molecule has 0 bridgehead atoms. The Morgan fingerprint density at radius 3 is 3.12 bits per heavy atom. The molecule has 1 saturated heterocycles. The van der Waals surface area contributed by atoms with Crippen LogP contribution in [0, 0.1) is 0 Å². The van der Waals surface area contributed by atoms with E-state index in [0.717, 1.165) is 12.3 Å². The van der Waals surface area contributed by atoms with Crippen molar-refractivity contribution in [1.29, 1.82) is 0 Å². The normalized spacial score (nSPS) is 22.8. The summed E-state index contributed by atoms with van der Waals surface area (Å²) in [6.45, 7) is 2.58. The minimum Gasteiger partial charge on any atom is -0.360 e. The van der Waals surface area contributed by atoms with Crippen molar-refractivity contribution in [2.75, 3.05) is 12.3 Å². The Labute approximate surface area is 101 Å². The average Bonchev–Trinajstić information content (AvgIpc) is 2.21. The van der Waals surface area contributed by atoms with Crippen LogP contribution in [-0.4, -0.2) is 43.1 Å². The van der Waals surface area contributed by atoms with Crippen LogP contribution in [0.4, 0.5) is 4.79 Å². The molecule has 0 spiro atoms. The number of allylic oxidation sites excluding steroid dienone is 1. The van der Waals surface area contributed by atoms with Crippen LogP contribution in [-0.2, 0) is 4.79 Å². The molecule has 2 N–H and O–H groups in total. The number of rotatable bonds is 4. The van der Waals surface area contributed by atoms with Crippen molar-refractivity contribution < 1.29 is 9.59 Å². The van der Waals surface area contributed by atoms with E-state index in [1.54, 1.807) is 11.8 Å². The Hall–Kier alpha value is -0.905. The van der Waals surface area contributed by atoms with Gasteiger partial charge in [0.2, 0.25) is 13.8 Å². The predicted octanol–water partition coefficient (Wildman–Crippen LogP) is 0.431. The molecule has 4 nitrogen and oxygen atoms in total. The van der Waals surface area contributed by atoms with E-state index in [2.05, 4.69) is 10.6 Å². The highest BCUT2D eigenvalue weighted by molar-refractivity contribution is 8.00. The van der Waals surface area contributed by atoms with Gasteiger partial charge in [-0.15, -0.1) is 11.8 Å². The lowest BCUT2D eigenvalue weighted by molar-refractivity contribution is -0.120. The molecule has 0 aromatic heterocycles. The Morgan fingerprint density at radius 1 is 1.81 bits per heavy atom. The first-order valence-electron chi connectivity index (χ1n) is 5.21. The van der Waals surface area contributed by atoms with Crippen LogP contribution >= 0.6 is 11.8 Å². The van der Waals surface area contributed by atoms with Crippen molar-refractivity contribution in [3.63, 3.8) is 0 Å². The first-order valence-corrected chi connectivity index (χ1v) is 6.26. The Balaban J connectivity index is 2.52. The van der Waals surface area contributed by atoms with Crippen molar-refractivity contribution in [3.05, 3.63) is 12.2 Å². The number of hydrogen-bond donors (Lipinski definition) is 2. The van der Waals surface area contributed by atoms with Gasteiger partial charge in [-0.3, -0.25) is 9.59 Å². The summed E-state index contributed by atoms with van der Waals surface area (Å²) in [5.74, 6) is 0.386. The molecule has 1 heterocycles. The number of amides is 2. The zero-order valence-electron chi connectivity index (χ0n) is 9.23. The minimum atomic E-state index is -0.565. The number of thioether (sulfide) groups is 1. The second kappa shape index (κ2) is 6.63. The fraction of sp³-hybridized carbons (Fsp3) is 0.600. The van der Waals surface area contributed by atoms with Crippen molar-refractivity contribution in [2.45, 2.75) is 24.6 Å². The molecule has 0 saturated carbocycles. The third-order valence-electron chi connectivity index (χ3n) is 2.23. The molecule has 2 atom stereocenters. The predicted molar refractivity (Wildman–Crippen MR) is 66.8 cm³/mol. The van der Waals surface area contributed by atoms with Crippen LogP contribution in [0.2, 0.25) is 0 Å². The van der Waals surface area contributed by atoms with E-state index in [1.807, 2.05) is 19.1 Å². The summed E-state index contributed by atoms with van der Waals surface area (Å²) in [5.41, 5.74) is 0. The lowest BCUT2D eigenvalue weighted by atomic mass is 10.1. The summed E-state index contributed by atoms with van der Waals surface area (Å²) in [6, 6.07) is -0.177. The van der Waals surface area contributed by atoms with Gasteiger partial charge in [-0.25, -0.2) is 0 Å². The number of hydrogen-bond acceptors (Lipinski definition) is 3. The maximum absolute atomic E-state index is 11.5. The van der Waals surface area contributed by atoms with Gasteiger partial charge < -0.3 is 10.6 Å². The maximum atomic E-state index is 11.5. The molecular weight excluding hydrogens is 223 g/mol. The summed E-state index contributed by atoms with van der Waals surface area (Å²) in [6.07, 6.45) is 4.25. The highest BCUT2D eigenvalue weighted by Gasteiger charge is 2.25. The topological polar surface area (TPSA) is 58.2 Å². The highest BCUT2D eigenvalue weighted by atomic mass is 32.2. The van der Waals surface area contributed by atoms with E-state index in [-0.39, 0.29) is 17.2 Å². The first-order chi connectivity index (χ1) is 7.63. The first kappa shape index (κ1) is 13.2. The molecule has 16 heavy (non-hydrogen) atoms. The lowest BCUT2D eigenvalue weighted by Gasteiger charge is -2.24. The zero-order chi connectivity index (χ0) is 12.0. The van der Waals surface area contributed by atoms with E-state index in [9.17, 15) is 9.59 Å². The molecule has 0 aromatic rings. The molecule has 2 amide bonds. The molecule has 1 rings (SSSR count). The van der Waals surface area contributed by atoms with E-state index >= 15 is 0 Å². The summed E-state index contributed by atoms with van der Waals surface area (Å²) in [7, 11) is 5.07. The molecule has 86 valence electrons. The number of carbonyl (C=O) groups excluding carboxylic acids is 2. The van der Waals surface area contributed by atoms with Gasteiger partial charge in [-0.2, -0.15) is 0 Å². The van der Waals surface area contributed by atoms with Crippen molar-refractivity contribution in [3.8, 4) is 0 Å². The van der Waals surface area contributed by atoms with Crippen LogP contribution in [0.25, 0.3) is 0 Å². The Morgan fingerprint density at radius 2 is 2.56 bits per heavy atom. The molecule has 1 aliphatic heterocycles. The summed E-state index contributed by atoms with van der Waals surface area (Å²) >= 11 is 1.61. The van der Waals surface area contributed by atoms with Gasteiger partial charge in [0.15, 0.2) is 5.81 Å². The molecular formula is C10H15BN2O2S. The zero-order valence-corrected chi connectivity index (χ0v) is 10.0. The van der Waals surface area contributed by atoms with Crippen LogP contribution in [0.5, 0.6) is 0 Å². The lowest BCUT2D eigenvalue weighted by Crippen LogP contribution is -2.43. The summed E-state index contributed by atoms with van der Waals surface area (Å²) < 4.78 is 0. The fourth-order valence-electron chi connectivity index (χ4n) is 1.57. The quantitative estimate of drug-likeness (QED) is 0.551. The third kappa shape index (κ3) is 4.30. The average molecular weight is 238 g/mol. The molecule has 1 aliphatic rings. The van der Waals surface area contributed by atoms with Gasteiger partial charge in [0.1, 0.15) is 0 Å². The second-order valence-electron chi connectivity index (χ2n) is 3.53. The number of nitrogens with one attached hydrogen (secondary N) is 2. The van der Waals surface area contributed by atoms with Crippen LogP contribution < -0.4 is 10.6 Å². The molecule has 0 aliphatic carbocycles. The van der Waals surface area contributed by atoms with E-state index in [1.165, 1.54) is 0 Å². The SMILES string of the molecule is [B]C(=O)NC(/C=C/C)CC1SCCNC1=O. The van der Waals surface area contributed by atoms with Gasteiger partial charge in [0.25, 0.3) is 0 Å². The van der Waals surface area contributed by atoms with Crippen molar-refractivity contribution in [2.24, 2.45) is 0 Å². The second-order valence-corrected chi connectivity index (χ2v) is 4.84. The van der Waals surface area contributed by atoms with Crippen LogP contribution in [0.3, 0.4) is 0 Å². The van der Waals surface area contributed by atoms with E-state index < -0.39 is 5.81 Å². The van der Waals surface area contributed by atoms with E-state index in [4.69, 9.17) is 7.85 Å². The third-order valence-corrected chi connectivity index (χ3v) is 3.48. The van der Waals surface area contributed by atoms with Gasteiger partial charge in [-0.05, 0) is 13.3 Å².